The number of halogens is 1. The maximum absolute atomic E-state index is 13.2. The van der Waals surface area contributed by atoms with Gasteiger partial charge in [0.15, 0.2) is 0 Å². The summed E-state index contributed by atoms with van der Waals surface area (Å²) < 4.78 is 51.1. The summed E-state index contributed by atoms with van der Waals surface area (Å²) >= 11 is 0. The Labute approximate surface area is 176 Å². The van der Waals surface area contributed by atoms with Crippen LogP contribution >= 0.6 is 0 Å². The monoisotopic (exact) mass is 436 g/mol. The first-order valence-electron chi connectivity index (χ1n) is 9.54. The van der Waals surface area contributed by atoms with Gasteiger partial charge in [0.1, 0.15) is 11.6 Å². The van der Waals surface area contributed by atoms with Crippen molar-refractivity contribution in [2.75, 3.05) is 40.5 Å². The lowest BCUT2D eigenvalue weighted by atomic mass is 10.1. The topological polar surface area (TPSA) is 76.1 Å². The predicted octanol–water partition coefficient (Wildman–Crippen LogP) is 2.69. The first-order valence-corrected chi connectivity index (χ1v) is 11.0. The van der Waals surface area contributed by atoms with Crippen LogP contribution in [0, 0.1) is 5.82 Å². The number of amides is 1. The van der Waals surface area contributed by atoms with E-state index in [1.54, 1.807) is 19.2 Å². The Morgan fingerprint density at radius 1 is 1.17 bits per heavy atom. The van der Waals surface area contributed by atoms with Crippen molar-refractivity contribution in [3.8, 4) is 5.75 Å². The van der Waals surface area contributed by atoms with Gasteiger partial charge >= 0.3 is 0 Å². The quantitative estimate of drug-likeness (QED) is 0.696. The first kappa shape index (κ1) is 22.2. The van der Waals surface area contributed by atoms with Crippen molar-refractivity contribution >= 4 is 15.9 Å². The second-order valence-electron chi connectivity index (χ2n) is 7.02. The number of sulfonamides is 1. The molecule has 1 unspecified atom stereocenters. The lowest BCUT2D eigenvalue weighted by Gasteiger charge is -2.28. The van der Waals surface area contributed by atoms with Crippen molar-refractivity contribution in [1.29, 1.82) is 0 Å². The van der Waals surface area contributed by atoms with E-state index in [1.807, 2.05) is 6.92 Å². The zero-order chi connectivity index (χ0) is 21.9. The molecule has 1 saturated heterocycles. The first-order chi connectivity index (χ1) is 14.3. The second-order valence-corrected chi connectivity index (χ2v) is 8.96. The Bertz CT molecular complexity index is 1000. The summed E-state index contributed by atoms with van der Waals surface area (Å²) in [7, 11) is -0.728. The number of benzene rings is 2. The molecule has 2 aromatic carbocycles. The van der Waals surface area contributed by atoms with E-state index in [9.17, 15) is 17.6 Å². The highest BCUT2D eigenvalue weighted by atomic mass is 32.2. The number of ether oxygens (including phenoxy) is 2. The van der Waals surface area contributed by atoms with Crippen molar-refractivity contribution in [3.63, 3.8) is 0 Å². The zero-order valence-corrected chi connectivity index (χ0v) is 18.0. The van der Waals surface area contributed by atoms with Crippen molar-refractivity contribution in [3.05, 3.63) is 59.4 Å². The fourth-order valence-corrected chi connectivity index (χ4v) is 4.72. The van der Waals surface area contributed by atoms with Gasteiger partial charge in [-0.3, -0.25) is 4.79 Å². The SMILES string of the molecule is COc1ccc(S(=O)(=O)N2CCOCC2)cc1C(=O)N(C)C(C)c1ccc(F)cc1. The van der Waals surface area contributed by atoms with Gasteiger partial charge in [-0.15, -0.1) is 0 Å². The Balaban J connectivity index is 1.92. The Morgan fingerprint density at radius 3 is 2.40 bits per heavy atom. The van der Waals surface area contributed by atoms with Gasteiger partial charge in [0.2, 0.25) is 10.0 Å². The molecule has 162 valence electrons. The van der Waals surface area contributed by atoms with Crippen LogP contribution in [0.5, 0.6) is 5.75 Å². The van der Waals surface area contributed by atoms with Crippen LogP contribution in [0.25, 0.3) is 0 Å². The molecule has 0 bridgehead atoms. The fourth-order valence-electron chi connectivity index (χ4n) is 3.28. The van der Waals surface area contributed by atoms with Crippen molar-refractivity contribution in [1.82, 2.24) is 9.21 Å². The van der Waals surface area contributed by atoms with E-state index in [1.165, 1.54) is 46.6 Å². The van der Waals surface area contributed by atoms with E-state index in [4.69, 9.17) is 9.47 Å². The smallest absolute Gasteiger partial charge is 0.257 e. The summed E-state index contributed by atoms with van der Waals surface area (Å²) in [5.41, 5.74) is 0.895. The lowest BCUT2D eigenvalue weighted by molar-refractivity contribution is 0.0728. The molecule has 1 amide bonds. The molecule has 0 radical (unpaired) electrons. The third-order valence-electron chi connectivity index (χ3n) is 5.26. The standard InChI is InChI=1S/C21H25FN2O5S/c1-15(16-4-6-17(22)7-5-16)23(2)21(25)19-14-18(8-9-20(19)28-3)30(26,27)24-10-12-29-13-11-24/h4-9,14-15H,10-13H2,1-3H3. The highest BCUT2D eigenvalue weighted by Crippen LogP contribution is 2.28. The molecular formula is C21H25FN2O5S. The number of methoxy groups -OCH3 is 1. The van der Waals surface area contributed by atoms with Crippen LogP contribution in [0.1, 0.15) is 28.9 Å². The molecule has 2 aromatic rings. The van der Waals surface area contributed by atoms with Gasteiger partial charge in [-0.05, 0) is 42.8 Å². The third-order valence-corrected chi connectivity index (χ3v) is 7.16. The highest BCUT2D eigenvalue weighted by molar-refractivity contribution is 7.89. The Kier molecular flexibility index (Phi) is 6.74. The zero-order valence-electron chi connectivity index (χ0n) is 17.2. The normalized spacial score (nSPS) is 16.1. The van der Waals surface area contributed by atoms with Gasteiger partial charge < -0.3 is 14.4 Å². The molecule has 1 atom stereocenters. The number of morpholine rings is 1. The number of rotatable bonds is 6. The number of nitrogens with zero attached hydrogens (tertiary/aromatic N) is 2. The van der Waals surface area contributed by atoms with Crippen molar-refractivity contribution in [2.24, 2.45) is 0 Å². The lowest BCUT2D eigenvalue weighted by Crippen LogP contribution is -2.40. The fraction of sp³-hybridized carbons (Fsp3) is 0.381. The van der Waals surface area contributed by atoms with Gasteiger partial charge in [-0.1, -0.05) is 12.1 Å². The van der Waals surface area contributed by atoms with E-state index >= 15 is 0 Å². The van der Waals surface area contributed by atoms with Gasteiger partial charge in [0, 0.05) is 20.1 Å². The van der Waals surface area contributed by atoms with Crippen molar-refractivity contribution < 1.29 is 27.1 Å². The van der Waals surface area contributed by atoms with Crippen LogP contribution in [0.15, 0.2) is 47.4 Å². The average Bonchev–Trinajstić information content (AvgIpc) is 2.78. The molecule has 7 nitrogen and oxygen atoms in total. The largest absolute Gasteiger partial charge is 0.496 e. The minimum Gasteiger partial charge on any atom is -0.496 e. The Hall–Kier alpha value is -2.49. The van der Waals surface area contributed by atoms with Crippen LogP contribution in [0.3, 0.4) is 0 Å². The maximum atomic E-state index is 13.2. The summed E-state index contributed by atoms with van der Waals surface area (Å²) in [5, 5.41) is 0. The number of carbonyl (C=O) groups is 1. The van der Waals surface area contributed by atoms with Gasteiger partial charge in [-0.2, -0.15) is 4.31 Å². The number of hydrogen-bond donors (Lipinski definition) is 0. The summed E-state index contributed by atoms with van der Waals surface area (Å²) in [6.07, 6.45) is 0. The van der Waals surface area contributed by atoms with E-state index in [2.05, 4.69) is 0 Å². The van der Waals surface area contributed by atoms with E-state index in [-0.39, 0.29) is 41.2 Å². The summed E-state index contributed by atoms with van der Waals surface area (Å²) in [5.74, 6) is -0.482. The predicted molar refractivity (Wildman–Crippen MR) is 109 cm³/mol. The minimum atomic E-state index is -3.76. The van der Waals surface area contributed by atoms with Gasteiger partial charge in [-0.25, -0.2) is 12.8 Å². The van der Waals surface area contributed by atoms with E-state index in [0.29, 0.717) is 13.2 Å². The molecule has 1 fully saturated rings. The van der Waals surface area contributed by atoms with Gasteiger partial charge in [0.25, 0.3) is 5.91 Å². The number of hydrogen-bond acceptors (Lipinski definition) is 5. The summed E-state index contributed by atoms with van der Waals surface area (Å²) in [4.78, 5) is 14.7. The summed E-state index contributed by atoms with van der Waals surface area (Å²) in [6, 6.07) is 9.80. The molecule has 1 aliphatic rings. The third kappa shape index (κ3) is 4.48. The summed E-state index contributed by atoms with van der Waals surface area (Å²) in [6.45, 7) is 3.00. The van der Waals surface area contributed by atoms with Crippen LogP contribution in [-0.2, 0) is 14.8 Å². The molecular weight excluding hydrogens is 411 g/mol. The number of carbonyl (C=O) groups excluding carboxylic acids is 1. The van der Waals surface area contributed by atoms with Crippen LogP contribution < -0.4 is 4.74 Å². The minimum absolute atomic E-state index is 0.0244. The molecule has 3 rings (SSSR count). The van der Waals surface area contributed by atoms with Crippen LogP contribution in [0.2, 0.25) is 0 Å². The van der Waals surface area contributed by atoms with E-state index < -0.39 is 15.9 Å². The molecule has 1 aliphatic heterocycles. The highest BCUT2D eigenvalue weighted by Gasteiger charge is 2.29. The molecule has 0 spiro atoms. The Morgan fingerprint density at radius 2 is 1.80 bits per heavy atom. The van der Waals surface area contributed by atoms with E-state index in [0.717, 1.165) is 5.56 Å². The molecule has 0 aliphatic carbocycles. The van der Waals surface area contributed by atoms with Crippen LogP contribution in [-0.4, -0.2) is 64.0 Å². The van der Waals surface area contributed by atoms with Gasteiger partial charge in [0.05, 0.1) is 36.8 Å². The van der Waals surface area contributed by atoms with Crippen LogP contribution in [0.4, 0.5) is 4.39 Å². The molecule has 9 heteroatoms. The molecule has 0 N–H and O–H groups in total. The molecule has 0 aromatic heterocycles. The van der Waals surface area contributed by atoms with Crippen molar-refractivity contribution in [2.45, 2.75) is 17.9 Å². The second kappa shape index (κ2) is 9.11. The average molecular weight is 437 g/mol. The maximum Gasteiger partial charge on any atom is 0.257 e. The molecule has 1 heterocycles. The molecule has 30 heavy (non-hydrogen) atoms. The molecule has 0 saturated carbocycles.